The van der Waals surface area contributed by atoms with Gasteiger partial charge in [0.05, 0.1) is 28.1 Å². The highest BCUT2D eigenvalue weighted by Gasteiger charge is 2.43. The fourth-order valence-corrected chi connectivity index (χ4v) is 13.4. The van der Waals surface area contributed by atoms with E-state index >= 15 is 0 Å². The number of hydrogen-bond donors (Lipinski definition) is 0. The fourth-order valence-electron chi connectivity index (χ4n) is 13.4. The Morgan fingerprint density at radius 2 is 0.730 bits per heavy atom. The Bertz CT molecular complexity index is 5150. The summed E-state index contributed by atoms with van der Waals surface area (Å²) in [6.07, 6.45) is 0. The largest absolute Gasteiger partial charge is 0.311 e. The number of aromatic nitrogens is 6. The molecule has 0 bridgehead atoms. The highest BCUT2D eigenvalue weighted by atomic mass is 15.2. The summed E-state index contributed by atoms with van der Waals surface area (Å²) in [7, 11) is 0. The summed E-state index contributed by atoms with van der Waals surface area (Å²) in [5, 5.41) is 2.34. The fraction of sp³-hybridized carbons (Fsp3) is 0.0125. The molecule has 17 rings (SSSR count). The molecule has 2 aliphatic heterocycles. The number of nitrogens with zero attached hydrogens (tertiary/aromatic N) is 8. The Balaban J connectivity index is 0.783. The first kappa shape index (κ1) is 51.6. The molecule has 3 aromatic heterocycles. The molecule has 416 valence electrons. The standard InChI is InChI=1S/C80H53BN8/c1-52-37-47-70-63(49-52)62-29-14-17-32-69(62)89(70)71-48-44-59(79-85-77(57-23-8-3-9-24-57)84-78(86-79)58-25-10-4-11-26-58)50-64(71)80-82-67(55-21-6-2-7-22-55)51-68(83-80)56-40-38-53(39-41-56)54-42-45-61(46-43-54)88-73-34-19-16-31-66(73)81-65-30-15-18-33-72(65)87(60-27-12-5-13-28-60)74-35-20-36-75(88)76(74)81/h2-51H,1H3. The molecule has 0 spiro atoms. The second-order valence-electron chi connectivity index (χ2n) is 22.9. The van der Waals surface area contributed by atoms with Crippen molar-refractivity contribution in [3.63, 3.8) is 0 Å². The van der Waals surface area contributed by atoms with Gasteiger partial charge in [-0.2, -0.15) is 0 Å². The third-order valence-corrected chi connectivity index (χ3v) is 17.5. The van der Waals surface area contributed by atoms with E-state index < -0.39 is 0 Å². The summed E-state index contributed by atoms with van der Waals surface area (Å²) >= 11 is 0. The Morgan fingerprint density at radius 1 is 0.281 bits per heavy atom. The quantitative estimate of drug-likeness (QED) is 0.126. The van der Waals surface area contributed by atoms with Crippen molar-refractivity contribution in [1.29, 1.82) is 0 Å². The van der Waals surface area contributed by atoms with Gasteiger partial charge in [0.15, 0.2) is 23.3 Å². The van der Waals surface area contributed by atoms with Crippen molar-refractivity contribution in [3.05, 3.63) is 309 Å². The molecule has 9 heteroatoms. The molecule has 15 aromatic rings. The Kier molecular flexibility index (Phi) is 12.4. The lowest BCUT2D eigenvalue weighted by Crippen LogP contribution is -2.61. The van der Waals surface area contributed by atoms with Crippen molar-refractivity contribution in [2.75, 3.05) is 9.80 Å². The molecule has 12 aromatic carbocycles. The molecule has 89 heavy (non-hydrogen) atoms. The second kappa shape index (κ2) is 21.3. The van der Waals surface area contributed by atoms with Crippen LogP contribution in [0.15, 0.2) is 303 Å². The normalized spacial score (nSPS) is 12.3. The van der Waals surface area contributed by atoms with Gasteiger partial charge in [-0.05, 0) is 125 Å². The van der Waals surface area contributed by atoms with Crippen molar-refractivity contribution in [3.8, 4) is 84.9 Å². The predicted octanol–water partition coefficient (Wildman–Crippen LogP) is 17.8. The van der Waals surface area contributed by atoms with Crippen LogP contribution in [-0.4, -0.2) is 36.2 Å². The van der Waals surface area contributed by atoms with E-state index in [1.54, 1.807) is 0 Å². The van der Waals surface area contributed by atoms with Crippen molar-refractivity contribution < 1.29 is 0 Å². The van der Waals surface area contributed by atoms with Crippen molar-refractivity contribution in [1.82, 2.24) is 29.5 Å². The Hall–Kier alpha value is -11.8. The highest BCUT2D eigenvalue weighted by Crippen LogP contribution is 2.45. The molecule has 5 heterocycles. The first-order valence-electron chi connectivity index (χ1n) is 30.2. The van der Waals surface area contributed by atoms with E-state index in [0.29, 0.717) is 23.3 Å². The second-order valence-corrected chi connectivity index (χ2v) is 22.9. The molecule has 0 radical (unpaired) electrons. The van der Waals surface area contributed by atoms with Crippen LogP contribution >= 0.6 is 0 Å². The van der Waals surface area contributed by atoms with E-state index in [0.717, 1.165) is 84.0 Å². The van der Waals surface area contributed by atoms with Crippen LogP contribution in [0.5, 0.6) is 0 Å². The molecule has 8 nitrogen and oxygen atoms in total. The van der Waals surface area contributed by atoms with Crippen LogP contribution in [-0.2, 0) is 0 Å². The van der Waals surface area contributed by atoms with Gasteiger partial charge in [0, 0.05) is 78.3 Å². The van der Waals surface area contributed by atoms with Gasteiger partial charge in [-0.15, -0.1) is 0 Å². The lowest BCUT2D eigenvalue weighted by molar-refractivity contribution is 1.07. The Labute approximate surface area is 516 Å². The summed E-state index contributed by atoms with van der Waals surface area (Å²) in [6.45, 7) is 2.23. The first-order valence-corrected chi connectivity index (χ1v) is 30.2. The van der Waals surface area contributed by atoms with Gasteiger partial charge in [0.25, 0.3) is 6.71 Å². The molecule has 0 saturated carbocycles. The average molecular weight is 1140 g/mol. The molecule has 0 fully saturated rings. The minimum atomic E-state index is 0.0815. The van der Waals surface area contributed by atoms with Crippen LogP contribution in [0.2, 0.25) is 0 Å². The van der Waals surface area contributed by atoms with Gasteiger partial charge in [-0.3, -0.25) is 0 Å². The van der Waals surface area contributed by atoms with Gasteiger partial charge in [0.2, 0.25) is 0 Å². The number of benzene rings is 12. The molecular formula is C80H53BN8. The summed E-state index contributed by atoms with van der Waals surface area (Å²) < 4.78 is 2.35. The van der Waals surface area contributed by atoms with Crippen LogP contribution in [0.4, 0.5) is 34.1 Å². The summed E-state index contributed by atoms with van der Waals surface area (Å²) in [6, 6.07) is 108. The van der Waals surface area contributed by atoms with E-state index in [1.165, 1.54) is 55.5 Å². The number of hydrogen-bond acceptors (Lipinski definition) is 7. The van der Waals surface area contributed by atoms with Crippen LogP contribution in [0.25, 0.3) is 107 Å². The number of fused-ring (bicyclic) bond motifs is 7. The van der Waals surface area contributed by atoms with Crippen molar-refractivity contribution >= 4 is 79.0 Å². The summed E-state index contributed by atoms with van der Waals surface area (Å²) in [5.74, 6) is 2.29. The van der Waals surface area contributed by atoms with Gasteiger partial charge < -0.3 is 14.4 Å². The molecular weight excluding hydrogens is 1080 g/mol. The maximum atomic E-state index is 5.58. The molecule has 0 N–H and O–H groups in total. The predicted molar refractivity (Wildman–Crippen MR) is 367 cm³/mol. The van der Waals surface area contributed by atoms with E-state index in [2.05, 4.69) is 258 Å². The topological polar surface area (TPSA) is 75.9 Å². The minimum Gasteiger partial charge on any atom is -0.311 e. The highest BCUT2D eigenvalue weighted by molar-refractivity contribution is 7.00. The van der Waals surface area contributed by atoms with Crippen LogP contribution in [0.3, 0.4) is 0 Å². The number of anilines is 6. The average Bonchev–Trinajstić information content (AvgIpc) is 1.17. The zero-order valence-electron chi connectivity index (χ0n) is 48.5. The van der Waals surface area contributed by atoms with Crippen LogP contribution < -0.4 is 26.2 Å². The van der Waals surface area contributed by atoms with Gasteiger partial charge in [0.1, 0.15) is 0 Å². The van der Waals surface area contributed by atoms with Gasteiger partial charge >= 0.3 is 0 Å². The minimum absolute atomic E-state index is 0.0815. The van der Waals surface area contributed by atoms with Crippen LogP contribution in [0, 0.1) is 6.92 Å². The zero-order chi connectivity index (χ0) is 58.9. The number of para-hydroxylation sites is 4. The third-order valence-electron chi connectivity index (χ3n) is 17.5. The van der Waals surface area contributed by atoms with Crippen LogP contribution in [0.1, 0.15) is 5.56 Å². The maximum absolute atomic E-state index is 5.58. The molecule has 0 aliphatic carbocycles. The lowest BCUT2D eigenvalue weighted by Gasteiger charge is -2.44. The molecule has 2 aliphatic rings. The monoisotopic (exact) mass is 1140 g/mol. The lowest BCUT2D eigenvalue weighted by atomic mass is 9.33. The molecule has 0 atom stereocenters. The van der Waals surface area contributed by atoms with E-state index in [4.69, 9.17) is 24.9 Å². The summed E-state index contributed by atoms with van der Waals surface area (Å²) in [5.41, 5.74) is 24.4. The SMILES string of the molecule is Cc1ccc2c(c1)c1ccccc1n2-c1ccc(-c2nc(-c3ccccc3)nc(-c3ccccc3)n2)cc1-c1nc(-c2ccccc2)cc(-c2ccc(-c3ccc(N4c5ccccc5B5c6ccccc6N(c6ccccc6)c6cccc4c65)cc3)cc2)n1. The summed E-state index contributed by atoms with van der Waals surface area (Å²) in [4.78, 5) is 31.4. The zero-order valence-corrected chi connectivity index (χ0v) is 48.5. The van der Waals surface area contributed by atoms with Gasteiger partial charge in [-0.1, -0.05) is 218 Å². The van der Waals surface area contributed by atoms with Gasteiger partial charge in [-0.25, -0.2) is 24.9 Å². The number of rotatable bonds is 10. The first-order chi connectivity index (χ1) is 44.0. The van der Waals surface area contributed by atoms with E-state index in [-0.39, 0.29) is 6.71 Å². The van der Waals surface area contributed by atoms with Crippen molar-refractivity contribution in [2.45, 2.75) is 6.92 Å². The smallest absolute Gasteiger partial charge is 0.252 e. The molecule has 0 amide bonds. The van der Waals surface area contributed by atoms with E-state index in [9.17, 15) is 0 Å². The number of aryl methyl sites for hydroxylation is 1. The maximum Gasteiger partial charge on any atom is 0.252 e. The molecule has 0 unspecified atom stereocenters. The van der Waals surface area contributed by atoms with E-state index in [1.807, 2.05) is 66.7 Å². The Morgan fingerprint density at radius 3 is 1.34 bits per heavy atom. The van der Waals surface area contributed by atoms with Crippen molar-refractivity contribution in [2.24, 2.45) is 0 Å². The third kappa shape index (κ3) is 8.89. The molecule has 0 saturated heterocycles.